The van der Waals surface area contributed by atoms with Crippen molar-refractivity contribution in [3.05, 3.63) is 29.8 Å². The smallest absolute Gasteiger partial charge is 0.325 e. The molecule has 142 valence electrons. The van der Waals surface area contributed by atoms with E-state index in [2.05, 4.69) is 5.32 Å². The number of hydrogen-bond donors (Lipinski definition) is 2. The number of sulfonamides is 1. The van der Waals surface area contributed by atoms with Gasteiger partial charge in [-0.25, -0.2) is 8.42 Å². The van der Waals surface area contributed by atoms with E-state index in [1.807, 2.05) is 0 Å². The number of carboxylic acids is 1. The second kappa shape index (κ2) is 7.96. The maximum Gasteiger partial charge on any atom is 0.325 e. The summed E-state index contributed by atoms with van der Waals surface area (Å²) in [7, 11) is -3.69. The molecule has 8 nitrogen and oxygen atoms in total. The minimum atomic E-state index is -3.69. The van der Waals surface area contributed by atoms with Crippen LogP contribution in [0.1, 0.15) is 37.0 Å². The van der Waals surface area contributed by atoms with Crippen LogP contribution in [0, 0.1) is 5.92 Å². The Bertz CT molecular complexity index is 795. The van der Waals surface area contributed by atoms with E-state index in [-0.39, 0.29) is 29.7 Å². The van der Waals surface area contributed by atoms with E-state index in [4.69, 9.17) is 5.11 Å². The topological polar surface area (TPSA) is 121 Å². The number of ketones is 1. The molecule has 2 N–H and O–H groups in total. The van der Waals surface area contributed by atoms with Gasteiger partial charge in [0.2, 0.25) is 15.9 Å². The third-order valence-corrected chi connectivity index (χ3v) is 6.37. The van der Waals surface area contributed by atoms with Crippen LogP contribution in [-0.4, -0.2) is 54.6 Å². The van der Waals surface area contributed by atoms with E-state index in [0.717, 1.165) is 0 Å². The molecule has 9 heteroatoms. The molecule has 1 aliphatic rings. The Labute approximate surface area is 152 Å². The number of amides is 1. The Morgan fingerprint density at radius 1 is 1.15 bits per heavy atom. The Hall–Kier alpha value is -2.26. The summed E-state index contributed by atoms with van der Waals surface area (Å²) >= 11 is 0. The van der Waals surface area contributed by atoms with E-state index in [0.29, 0.717) is 18.4 Å². The molecule has 0 saturated carbocycles. The van der Waals surface area contributed by atoms with E-state index < -0.39 is 28.0 Å². The van der Waals surface area contributed by atoms with Crippen LogP contribution in [0.4, 0.5) is 0 Å². The summed E-state index contributed by atoms with van der Waals surface area (Å²) in [6.45, 7) is 3.14. The van der Waals surface area contributed by atoms with Crippen LogP contribution in [0.15, 0.2) is 29.2 Å². The number of nitrogens with one attached hydrogen (secondary N) is 1. The molecule has 1 aliphatic heterocycles. The lowest BCUT2D eigenvalue weighted by atomic mass is 9.97. The number of nitrogens with zero attached hydrogens (tertiary/aromatic N) is 1. The van der Waals surface area contributed by atoms with Crippen molar-refractivity contribution in [2.45, 2.75) is 37.6 Å². The molecule has 1 saturated heterocycles. The highest BCUT2D eigenvalue weighted by molar-refractivity contribution is 7.89. The zero-order valence-electron chi connectivity index (χ0n) is 14.6. The van der Waals surface area contributed by atoms with Crippen molar-refractivity contribution >= 4 is 27.7 Å². The molecule has 0 aliphatic carbocycles. The SMILES string of the molecule is CC(=O)c1ccc(S(=O)(=O)N2CCC(C(=O)N[C@H](C)C(=O)O)CC2)cc1. The van der Waals surface area contributed by atoms with Gasteiger partial charge in [0.05, 0.1) is 4.90 Å². The maximum atomic E-state index is 12.7. The second-order valence-electron chi connectivity index (χ2n) is 6.33. The van der Waals surface area contributed by atoms with Crippen LogP contribution in [-0.2, 0) is 19.6 Å². The molecule has 1 aromatic rings. The van der Waals surface area contributed by atoms with E-state index >= 15 is 0 Å². The van der Waals surface area contributed by atoms with Gasteiger partial charge in [0.25, 0.3) is 0 Å². The average molecular weight is 382 g/mol. The molecule has 0 radical (unpaired) electrons. The van der Waals surface area contributed by atoms with Crippen LogP contribution < -0.4 is 5.32 Å². The van der Waals surface area contributed by atoms with E-state index in [9.17, 15) is 22.8 Å². The largest absolute Gasteiger partial charge is 0.480 e. The number of piperidine rings is 1. The van der Waals surface area contributed by atoms with Crippen molar-refractivity contribution in [1.29, 1.82) is 0 Å². The highest BCUT2D eigenvalue weighted by Crippen LogP contribution is 2.24. The number of carboxylic acid groups (broad SMARTS) is 1. The summed E-state index contributed by atoms with van der Waals surface area (Å²) in [5, 5.41) is 11.2. The lowest BCUT2D eigenvalue weighted by molar-refractivity contribution is -0.142. The predicted molar refractivity (Wildman–Crippen MR) is 93.2 cm³/mol. The zero-order chi connectivity index (χ0) is 19.5. The van der Waals surface area contributed by atoms with Gasteiger partial charge in [-0.15, -0.1) is 0 Å². The third kappa shape index (κ3) is 4.47. The Morgan fingerprint density at radius 3 is 2.15 bits per heavy atom. The van der Waals surface area contributed by atoms with Gasteiger partial charge in [0, 0.05) is 24.6 Å². The number of carbonyl (C=O) groups excluding carboxylic acids is 2. The highest BCUT2D eigenvalue weighted by atomic mass is 32.2. The van der Waals surface area contributed by atoms with Crippen molar-refractivity contribution in [3.63, 3.8) is 0 Å². The van der Waals surface area contributed by atoms with Crippen molar-refractivity contribution in [2.75, 3.05) is 13.1 Å². The van der Waals surface area contributed by atoms with Crippen molar-refractivity contribution < 1.29 is 27.9 Å². The lowest BCUT2D eigenvalue weighted by Crippen LogP contribution is -2.46. The standard InChI is InChI=1S/C17H22N2O6S/c1-11(17(22)23)18-16(21)14-7-9-19(10-8-14)26(24,25)15-5-3-13(4-6-15)12(2)20/h3-6,11,14H,7-10H2,1-2H3,(H,18,21)(H,22,23)/t11-/m1/s1. The first-order chi connectivity index (χ1) is 12.1. The Morgan fingerprint density at radius 2 is 1.69 bits per heavy atom. The molecule has 1 aromatic carbocycles. The van der Waals surface area contributed by atoms with Crippen LogP contribution in [0.25, 0.3) is 0 Å². The van der Waals surface area contributed by atoms with Gasteiger partial charge in [-0.2, -0.15) is 4.31 Å². The van der Waals surface area contributed by atoms with Crippen molar-refractivity contribution in [2.24, 2.45) is 5.92 Å². The summed E-state index contributed by atoms with van der Waals surface area (Å²) in [5.41, 5.74) is 0.437. The molecule has 0 spiro atoms. The van der Waals surface area contributed by atoms with Crippen molar-refractivity contribution in [3.8, 4) is 0 Å². The zero-order valence-corrected chi connectivity index (χ0v) is 15.5. The molecule has 1 atom stereocenters. The van der Waals surface area contributed by atoms with E-state index in [1.165, 1.54) is 42.4 Å². The number of hydrogen-bond acceptors (Lipinski definition) is 5. The number of Topliss-reactive ketones (excluding diaryl/α,β-unsaturated/α-hetero) is 1. The van der Waals surface area contributed by atoms with Gasteiger partial charge in [0.1, 0.15) is 6.04 Å². The second-order valence-corrected chi connectivity index (χ2v) is 8.27. The average Bonchev–Trinajstić information content (AvgIpc) is 2.61. The fraction of sp³-hybridized carbons (Fsp3) is 0.471. The predicted octanol–water partition coefficient (Wildman–Crippen LogP) is 0.879. The van der Waals surface area contributed by atoms with Crippen LogP contribution in [0.5, 0.6) is 0 Å². The van der Waals surface area contributed by atoms with Crippen LogP contribution in [0.2, 0.25) is 0 Å². The van der Waals surface area contributed by atoms with Gasteiger partial charge in [0.15, 0.2) is 5.78 Å². The lowest BCUT2D eigenvalue weighted by Gasteiger charge is -2.30. The molecule has 0 unspecified atom stereocenters. The number of carbonyl (C=O) groups is 3. The number of aliphatic carboxylic acids is 1. The molecule has 1 heterocycles. The van der Waals surface area contributed by atoms with Crippen LogP contribution >= 0.6 is 0 Å². The first-order valence-corrected chi connectivity index (χ1v) is 9.71. The normalized spacial score (nSPS) is 17.5. The molecule has 2 rings (SSSR count). The molecular weight excluding hydrogens is 360 g/mol. The molecule has 1 fully saturated rings. The first kappa shape index (κ1) is 20.1. The first-order valence-electron chi connectivity index (χ1n) is 8.27. The number of rotatable bonds is 6. The fourth-order valence-electron chi connectivity index (χ4n) is 2.76. The van der Waals surface area contributed by atoms with Crippen molar-refractivity contribution in [1.82, 2.24) is 9.62 Å². The molecule has 26 heavy (non-hydrogen) atoms. The molecular formula is C17H22N2O6S. The summed E-state index contributed by atoms with van der Waals surface area (Å²) in [6, 6.07) is 4.77. The summed E-state index contributed by atoms with van der Waals surface area (Å²) in [4.78, 5) is 34.3. The summed E-state index contributed by atoms with van der Waals surface area (Å²) < 4.78 is 26.7. The monoisotopic (exact) mass is 382 g/mol. The minimum absolute atomic E-state index is 0.102. The van der Waals surface area contributed by atoms with Gasteiger partial charge < -0.3 is 10.4 Å². The fourth-order valence-corrected chi connectivity index (χ4v) is 4.23. The van der Waals surface area contributed by atoms with E-state index in [1.54, 1.807) is 0 Å². The maximum absolute atomic E-state index is 12.7. The van der Waals surface area contributed by atoms with Crippen LogP contribution in [0.3, 0.4) is 0 Å². The number of benzene rings is 1. The van der Waals surface area contributed by atoms with Gasteiger partial charge in [-0.05, 0) is 38.8 Å². The van der Waals surface area contributed by atoms with Gasteiger partial charge in [-0.3, -0.25) is 14.4 Å². The Balaban J connectivity index is 2.01. The highest BCUT2D eigenvalue weighted by Gasteiger charge is 2.32. The molecule has 1 amide bonds. The quantitative estimate of drug-likeness (QED) is 0.705. The summed E-state index contributed by atoms with van der Waals surface area (Å²) in [5.74, 6) is -2.05. The van der Waals surface area contributed by atoms with Gasteiger partial charge >= 0.3 is 5.97 Å². The van der Waals surface area contributed by atoms with Gasteiger partial charge in [-0.1, -0.05) is 12.1 Å². The minimum Gasteiger partial charge on any atom is -0.480 e. The molecule has 0 aromatic heterocycles. The molecule has 0 bridgehead atoms. The third-order valence-electron chi connectivity index (χ3n) is 4.45. The summed E-state index contributed by atoms with van der Waals surface area (Å²) in [6.07, 6.45) is 0.645. The Kier molecular flexibility index (Phi) is 6.14.